The molecule has 1 heterocycles. The number of anilines is 1. The number of guanidine groups is 1. The van der Waals surface area contributed by atoms with Crippen molar-refractivity contribution >= 4 is 40.7 Å². The van der Waals surface area contributed by atoms with Gasteiger partial charge in [0.2, 0.25) is 18.2 Å². The molecule has 0 unspecified atom stereocenters. The number of aromatic nitrogens is 1. The van der Waals surface area contributed by atoms with Crippen molar-refractivity contribution < 1.29 is 24.6 Å². The van der Waals surface area contributed by atoms with Crippen molar-refractivity contribution in [3.05, 3.63) is 21.7 Å². The number of carbonyl (C=O) groups excluding carboxylic acids is 3. The SMILES string of the molecule is CCC[C@H]([C@H](CC1CCC(C)CC1)C(=O)N[C@H](CCCN/C(N)=N\[N+](=O)[O-])C(=O)Nc1nccs1)N(O)C=O. The van der Waals surface area contributed by atoms with E-state index in [0.717, 1.165) is 25.7 Å². The molecule has 15 heteroatoms. The van der Waals surface area contributed by atoms with Crippen LogP contribution >= 0.6 is 11.3 Å². The minimum Gasteiger partial charge on any atom is -0.365 e. The Morgan fingerprint density at radius 1 is 1.33 bits per heavy atom. The highest BCUT2D eigenvalue weighted by Crippen LogP contribution is 2.34. The summed E-state index contributed by atoms with van der Waals surface area (Å²) in [7, 11) is 0. The van der Waals surface area contributed by atoms with Crippen molar-refractivity contribution in [1.82, 2.24) is 20.7 Å². The molecular weight excluding hydrogens is 528 g/mol. The highest BCUT2D eigenvalue weighted by molar-refractivity contribution is 7.13. The van der Waals surface area contributed by atoms with Gasteiger partial charge in [-0.3, -0.25) is 19.6 Å². The van der Waals surface area contributed by atoms with Crippen molar-refractivity contribution in [2.45, 2.75) is 83.7 Å². The van der Waals surface area contributed by atoms with Crippen molar-refractivity contribution in [3.8, 4) is 0 Å². The van der Waals surface area contributed by atoms with Gasteiger partial charge in [0.25, 0.3) is 5.96 Å². The van der Waals surface area contributed by atoms with Gasteiger partial charge < -0.3 is 21.7 Å². The number of nitrogens with one attached hydrogen (secondary N) is 3. The molecule has 218 valence electrons. The fourth-order valence-corrected chi connectivity index (χ4v) is 5.46. The molecule has 1 saturated carbocycles. The average molecular weight is 569 g/mol. The van der Waals surface area contributed by atoms with E-state index in [1.165, 1.54) is 11.3 Å². The standard InChI is InChI=1S/C24H40N8O6S/c1-3-5-20(31(36)15-33)18(14-17-9-7-16(2)8-10-17)21(34)28-19(22(35)29-24-27-12-13-39-24)6-4-11-26-23(25)30-32(37)38/h12-13,15-20,36H,3-11,14H2,1-2H3,(H,28,34)(H3,25,26,30)(H,27,29,35)/t16?,17?,18-,19+,20+/m0/s1. The highest BCUT2D eigenvalue weighted by Gasteiger charge is 2.36. The van der Waals surface area contributed by atoms with Gasteiger partial charge in [-0.1, -0.05) is 46.0 Å². The summed E-state index contributed by atoms with van der Waals surface area (Å²) in [5.74, 6) is -1.08. The van der Waals surface area contributed by atoms with Crippen LogP contribution in [0.2, 0.25) is 0 Å². The van der Waals surface area contributed by atoms with Crippen LogP contribution in [-0.4, -0.2) is 63.1 Å². The van der Waals surface area contributed by atoms with Crippen LogP contribution in [0.15, 0.2) is 16.7 Å². The third-order valence-electron chi connectivity index (χ3n) is 7.02. The summed E-state index contributed by atoms with van der Waals surface area (Å²) >= 11 is 1.23. The quantitative estimate of drug-likeness (QED) is 0.0377. The minimum atomic E-state index is -0.962. The molecule has 14 nitrogen and oxygen atoms in total. The van der Waals surface area contributed by atoms with Gasteiger partial charge in [0.05, 0.1) is 12.0 Å². The number of hydrazone groups is 1. The number of carbonyl (C=O) groups is 3. The Morgan fingerprint density at radius 3 is 2.64 bits per heavy atom. The van der Waals surface area contributed by atoms with Gasteiger partial charge in [0, 0.05) is 18.1 Å². The van der Waals surface area contributed by atoms with Crippen LogP contribution in [0.3, 0.4) is 0 Å². The summed E-state index contributed by atoms with van der Waals surface area (Å²) in [6.07, 6.45) is 7.97. The lowest BCUT2D eigenvalue weighted by atomic mass is 9.76. The van der Waals surface area contributed by atoms with Crippen LogP contribution < -0.4 is 21.7 Å². The normalized spacial score (nSPS) is 19.8. The molecule has 6 N–H and O–H groups in total. The molecule has 3 atom stereocenters. The summed E-state index contributed by atoms with van der Waals surface area (Å²) in [5, 5.41) is 33.7. The Balaban J connectivity index is 2.19. The number of nitro groups is 1. The lowest BCUT2D eigenvalue weighted by molar-refractivity contribution is -0.485. The monoisotopic (exact) mass is 568 g/mol. The van der Waals surface area contributed by atoms with E-state index in [-0.39, 0.29) is 24.8 Å². The maximum Gasteiger partial charge on any atom is 0.266 e. The number of hydroxylamine groups is 2. The van der Waals surface area contributed by atoms with Crippen LogP contribution in [0.5, 0.6) is 0 Å². The van der Waals surface area contributed by atoms with Crippen LogP contribution in [0.4, 0.5) is 5.13 Å². The van der Waals surface area contributed by atoms with Gasteiger partial charge in [0.1, 0.15) is 11.1 Å². The van der Waals surface area contributed by atoms with E-state index in [4.69, 9.17) is 5.73 Å². The topological polar surface area (TPSA) is 205 Å². The lowest BCUT2D eigenvalue weighted by Crippen LogP contribution is -2.51. The maximum absolute atomic E-state index is 13.7. The Bertz CT molecular complexity index is 954. The molecule has 0 bridgehead atoms. The number of thiazole rings is 1. The summed E-state index contributed by atoms with van der Waals surface area (Å²) in [5.41, 5.74) is 5.45. The van der Waals surface area contributed by atoms with Crippen molar-refractivity contribution in [3.63, 3.8) is 0 Å². The molecule has 0 aromatic carbocycles. The Morgan fingerprint density at radius 2 is 2.05 bits per heavy atom. The fourth-order valence-electron chi connectivity index (χ4n) is 4.93. The zero-order valence-corrected chi connectivity index (χ0v) is 23.3. The zero-order chi connectivity index (χ0) is 28.8. The van der Waals surface area contributed by atoms with Gasteiger partial charge >= 0.3 is 0 Å². The number of hydrogen-bond donors (Lipinski definition) is 5. The van der Waals surface area contributed by atoms with Gasteiger partial charge in [-0.25, -0.2) is 20.2 Å². The summed E-state index contributed by atoms with van der Waals surface area (Å²) in [4.78, 5) is 52.8. The second-order valence-electron chi connectivity index (χ2n) is 9.99. The van der Waals surface area contributed by atoms with E-state index in [2.05, 4.69) is 33.0 Å². The summed E-state index contributed by atoms with van der Waals surface area (Å²) in [6.45, 7) is 4.30. The van der Waals surface area contributed by atoms with Gasteiger partial charge in [-0.15, -0.1) is 11.3 Å². The molecule has 3 amide bonds. The molecule has 1 aliphatic rings. The molecule has 1 aliphatic carbocycles. The van der Waals surface area contributed by atoms with Crippen molar-refractivity contribution in [2.75, 3.05) is 11.9 Å². The first-order valence-corrected chi connectivity index (χ1v) is 14.2. The number of rotatable bonds is 16. The molecule has 1 aromatic rings. The summed E-state index contributed by atoms with van der Waals surface area (Å²) < 4.78 is 0. The molecule has 1 aromatic heterocycles. The first-order chi connectivity index (χ1) is 18.6. The molecule has 0 radical (unpaired) electrons. The van der Waals surface area contributed by atoms with Gasteiger partial charge in [-0.2, -0.15) is 0 Å². The van der Waals surface area contributed by atoms with E-state index in [1.807, 2.05) is 6.92 Å². The molecule has 1 fully saturated rings. The van der Waals surface area contributed by atoms with Crippen molar-refractivity contribution in [2.24, 2.45) is 28.6 Å². The largest absolute Gasteiger partial charge is 0.365 e. The summed E-state index contributed by atoms with van der Waals surface area (Å²) in [6, 6.07) is -1.69. The molecule has 0 spiro atoms. The Hall–Kier alpha value is -3.33. The smallest absolute Gasteiger partial charge is 0.266 e. The number of hydrogen-bond acceptors (Lipinski definition) is 8. The third kappa shape index (κ3) is 11.1. The van der Waals surface area contributed by atoms with E-state index < -0.39 is 34.8 Å². The predicted molar refractivity (Wildman–Crippen MR) is 146 cm³/mol. The number of amides is 3. The van der Waals surface area contributed by atoms with Gasteiger partial charge in [-0.05, 0) is 37.5 Å². The number of nitrogens with zero attached hydrogens (tertiary/aromatic N) is 4. The zero-order valence-electron chi connectivity index (χ0n) is 22.5. The van der Waals surface area contributed by atoms with Gasteiger partial charge in [0.15, 0.2) is 10.2 Å². The maximum atomic E-state index is 13.7. The van der Waals surface area contributed by atoms with E-state index in [9.17, 15) is 29.7 Å². The van der Waals surface area contributed by atoms with Crippen molar-refractivity contribution in [1.29, 1.82) is 0 Å². The van der Waals surface area contributed by atoms with E-state index >= 15 is 0 Å². The fraction of sp³-hybridized carbons (Fsp3) is 0.708. The number of nitrogens with two attached hydrogens (primary N) is 1. The van der Waals surface area contributed by atoms with Crippen LogP contribution in [0, 0.1) is 27.9 Å². The van der Waals surface area contributed by atoms with Crippen LogP contribution in [0.1, 0.15) is 71.6 Å². The molecule has 0 aliphatic heterocycles. The van der Waals surface area contributed by atoms with Crippen LogP contribution in [0.25, 0.3) is 0 Å². The molecule has 0 saturated heterocycles. The third-order valence-corrected chi connectivity index (χ3v) is 7.71. The molecule has 39 heavy (non-hydrogen) atoms. The molecular formula is C24H40N8O6S. The van der Waals surface area contributed by atoms with Crippen LogP contribution in [-0.2, 0) is 14.4 Å². The highest BCUT2D eigenvalue weighted by atomic mass is 32.1. The second kappa shape index (κ2) is 16.6. The predicted octanol–water partition coefficient (Wildman–Crippen LogP) is 2.29. The molecule has 2 rings (SSSR count). The first-order valence-electron chi connectivity index (χ1n) is 13.3. The first kappa shape index (κ1) is 31.9. The second-order valence-corrected chi connectivity index (χ2v) is 10.9. The Kier molecular flexibility index (Phi) is 13.6. The average Bonchev–Trinajstić information content (AvgIpc) is 3.41. The minimum absolute atomic E-state index is 0.178. The lowest BCUT2D eigenvalue weighted by Gasteiger charge is -2.35. The van der Waals surface area contributed by atoms with E-state index in [1.54, 1.807) is 11.6 Å². The van der Waals surface area contributed by atoms with E-state index in [0.29, 0.717) is 48.2 Å². The Labute approximate surface area is 231 Å².